The second-order valence-corrected chi connectivity index (χ2v) is 6.59. The predicted octanol–water partition coefficient (Wildman–Crippen LogP) is 4.53. The van der Waals surface area contributed by atoms with Gasteiger partial charge in [-0.3, -0.25) is 10.2 Å². The van der Waals surface area contributed by atoms with Crippen molar-refractivity contribution in [3.05, 3.63) is 42.7 Å². The van der Waals surface area contributed by atoms with Crippen molar-refractivity contribution in [3.63, 3.8) is 0 Å². The summed E-state index contributed by atoms with van der Waals surface area (Å²) in [7, 11) is 0. The van der Waals surface area contributed by atoms with Crippen molar-refractivity contribution in [1.82, 2.24) is 25.4 Å². The van der Waals surface area contributed by atoms with Crippen LogP contribution in [0.25, 0.3) is 32.7 Å². The molecule has 5 rings (SSSR count). The number of ether oxygens (including phenoxy) is 2. The summed E-state index contributed by atoms with van der Waals surface area (Å²) in [6.07, 6.45) is 3.67. The van der Waals surface area contributed by atoms with Gasteiger partial charge in [-0.05, 0) is 38.1 Å². The van der Waals surface area contributed by atoms with Crippen molar-refractivity contribution in [2.45, 2.75) is 13.8 Å². The zero-order chi connectivity index (χ0) is 19.8. The minimum absolute atomic E-state index is 0.550. The van der Waals surface area contributed by atoms with E-state index in [0.717, 1.165) is 38.4 Å². The molecular formula is C21H20N6O2. The van der Waals surface area contributed by atoms with E-state index in [0.29, 0.717) is 30.5 Å². The molecule has 8 heteroatoms. The molecule has 0 radical (unpaired) electrons. The van der Waals surface area contributed by atoms with Crippen molar-refractivity contribution in [2.24, 2.45) is 0 Å². The van der Waals surface area contributed by atoms with Crippen molar-refractivity contribution in [1.29, 1.82) is 0 Å². The van der Waals surface area contributed by atoms with E-state index in [1.807, 2.05) is 50.4 Å². The largest absolute Gasteiger partial charge is 0.490 e. The number of pyridine rings is 1. The molecule has 0 spiro atoms. The molecule has 0 aliphatic heterocycles. The summed E-state index contributed by atoms with van der Waals surface area (Å²) in [4.78, 5) is 4.83. The van der Waals surface area contributed by atoms with E-state index in [4.69, 9.17) is 14.5 Å². The van der Waals surface area contributed by atoms with Crippen molar-refractivity contribution >= 4 is 44.2 Å². The second kappa shape index (κ2) is 6.97. The number of benzene rings is 2. The first-order valence-electron chi connectivity index (χ1n) is 9.53. The molecule has 0 amide bonds. The Kier molecular flexibility index (Phi) is 4.16. The molecule has 0 fully saturated rings. The van der Waals surface area contributed by atoms with Crippen LogP contribution >= 0.6 is 0 Å². The summed E-state index contributed by atoms with van der Waals surface area (Å²) < 4.78 is 11.5. The number of rotatable bonds is 6. The normalized spacial score (nSPS) is 11.4. The van der Waals surface area contributed by atoms with Gasteiger partial charge >= 0.3 is 0 Å². The average molecular weight is 388 g/mol. The number of H-pyrrole nitrogens is 2. The number of aromatic amines is 2. The lowest BCUT2D eigenvalue weighted by atomic mass is 10.1. The summed E-state index contributed by atoms with van der Waals surface area (Å²) in [6, 6.07) is 9.88. The molecular weight excluding hydrogens is 368 g/mol. The molecule has 0 atom stereocenters. The molecule has 0 aliphatic rings. The Morgan fingerprint density at radius 1 is 1.00 bits per heavy atom. The van der Waals surface area contributed by atoms with E-state index in [1.54, 1.807) is 6.20 Å². The highest BCUT2D eigenvalue weighted by molar-refractivity contribution is 6.09. The molecule has 3 heterocycles. The van der Waals surface area contributed by atoms with E-state index >= 15 is 0 Å². The molecule has 0 saturated carbocycles. The minimum atomic E-state index is 0.550. The third kappa shape index (κ3) is 2.98. The fraction of sp³-hybridized carbons (Fsp3) is 0.190. The summed E-state index contributed by atoms with van der Waals surface area (Å²) >= 11 is 0. The third-order valence-electron chi connectivity index (χ3n) is 4.75. The van der Waals surface area contributed by atoms with Crippen LogP contribution in [-0.4, -0.2) is 38.6 Å². The average Bonchev–Trinajstić information content (AvgIpc) is 3.38. The monoisotopic (exact) mass is 388 g/mol. The SMILES string of the molecule is CCOc1cc2nc(Nc3ccc4cn[nH]c4c3)c3n[nH]cc3c2cc1OCC. The van der Waals surface area contributed by atoms with Crippen LogP contribution in [0.15, 0.2) is 42.7 Å². The van der Waals surface area contributed by atoms with Gasteiger partial charge < -0.3 is 14.8 Å². The number of nitrogens with one attached hydrogen (secondary N) is 3. The Morgan fingerprint density at radius 2 is 1.83 bits per heavy atom. The summed E-state index contributed by atoms with van der Waals surface area (Å²) in [5.74, 6) is 2.05. The van der Waals surface area contributed by atoms with Gasteiger partial charge in [0.05, 0.1) is 30.4 Å². The molecule has 3 N–H and O–H groups in total. The van der Waals surface area contributed by atoms with Crippen LogP contribution in [0.2, 0.25) is 0 Å². The van der Waals surface area contributed by atoms with Gasteiger partial charge in [0.25, 0.3) is 0 Å². The summed E-state index contributed by atoms with van der Waals surface area (Å²) in [5, 5.41) is 20.8. The van der Waals surface area contributed by atoms with Crippen molar-refractivity contribution in [3.8, 4) is 11.5 Å². The van der Waals surface area contributed by atoms with Gasteiger partial charge in [0, 0.05) is 34.1 Å². The smallest absolute Gasteiger partial charge is 0.163 e. The molecule has 29 heavy (non-hydrogen) atoms. The number of hydrogen-bond donors (Lipinski definition) is 3. The van der Waals surface area contributed by atoms with Crippen LogP contribution in [0.1, 0.15) is 13.8 Å². The summed E-state index contributed by atoms with van der Waals surface area (Å²) in [6.45, 7) is 5.01. The first-order chi connectivity index (χ1) is 14.3. The van der Waals surface area contributed by atoms with Crippen molar-refractivity contribution in [2.75, 3.05) is 18.5 Å². The van der Waals surface area contributed by atoms with E-state index in [2.05, 4.69) is 25.7 Å². The van der Waals surface area contributed by atoms with Gasteiger partial charge in [-0.2, -0.15) is 10.2 Å². The Labute approximate surface area is 166 Å². The first kappa shape index (κ1) is 17.3. The van der Waals surface area contributed by atoms with E-state index in [-0.39, 0.29) is 0 Å². The maximum Gasteiger partial charge on any atom is 0.163 e. The number of hydrogen-bond acceptors (Lipinski definition) is 6. The Bertz CT molecular complexity index is 1320. The Balaban J connectivity index is 1.66. The lowest BCUT2D eigenvalue weighted by Gasteiger charge is -2.13. The lowest BCUT2D eigenvalue weighted by molar-refractivity contribution is 0.288. The molecule has 8 nitrogen and oxygen atoms in total. The lowest BCUT2D eigenvalue weighted by Crippen LogP contribution is -2.00. The van der Waals surface area contributed by atoms with Crippen LogP contribution in [0.3, 0.4) is 0 Å². The van der Waals surface area contributed by atoms with Gasteiger partial charge in [0.15, 0.2) is 17.3 Å². The highest BCUT2D eigenvalue weighted by atomic mass is 16.5. The fourth-order valence-electron chi connectivity index (χ4n) is 3.48. The van der Waals surface area contributed by atoms with E-state index in [1.165, 1.54) is 0 Å². The second-order valence-electron chi connectivity index (χ2n) is 6.59. The zero-order valence-corrected chi connectivity index (χ0v) is 16.1. The molecule has 0 aliphatic carbocycles. The van der Waals surface area contributed by atoms with Crippen LogP contribution in [-0.2, 0) is 0 Å². The highest BCUT2D eigenvalue weighted by Gasteiger charge is 2.15. The fourth-order valence-corrected chi connectivity index (χ4v) is 3.48. The van der Waals surface area contributed by atoms with Crippen molar-refractivity contribution < 1.29 is 9.47 Å². The van der Waals surface area contributed by atoms with Gasteiger partial charge in [0.1, 0.15) is 5.52 Å². The third-order valence-corrected chi connectivity index (χ3v) is 4.75. The van der Waals surface area contributed by atoms with Crippen LogP contribution < -0.4 is 14.8 Å². The number of aromatic nitrogens is 5. The standard InChI is InChI=1S/C21H20N6O2/c1-3-28-18-8-14-15-11-23-27-20(15)21(25-17(14)9-19(18)29-4-2)24-13-6-5-12-10-22-26-16(12)7-13/h5-11H,3-4H2,1-2H3,(H,22,26)(H,23,27)(H,24,25). The maximum atomic E-state index is 5.77. The molecule has 0 bridgehead atoms. The Morgan fingerprint density at radius 3 is 2.66 bits per heavy atom. The minimum Gasteiger partial charge on any atom is -0.490 e. The summed E-state index contributed by atoms with van der Waals surface area (Å²) in [5.41, 5.74) is 3.41. The molecule has 146 valence electrons. The number of nitrogens with zero attached hydrogens (tertiary/aromatic N) is 3. The van der Waals surface area contributed by atoms with E-state index < -0.39 is 0 Å². The van der Waals surface area contributed by atoms with Crippen LogP contribution in [0.4, 0.5) is 11.5 Å². The van der Waals surface area contributed by atoms with Gasteiger partial charge in [-0.25, -0.2) is 4.98 Å². The molecule has 2 aromatic carbocycles. The predicted molar refractivity (Wildman–Crippen MR) is 113 cm³/mol. The van der Waals surface area contributed by atoms with Crippen LogP contribution in [0, 0.1) is 0 Å². The topological polar surface area (TPSA) is 101 Å². The quantitative estimate of drug-likeness (QED) is 0.395. The zero-order valence-electron chi connectivity index (χ0n) is 16.1. The van der Waals surface area contributed by atoms with E-state index in [9.17, 15) is 0 Å². The van der Waals surface area contributed by atoms with Crippen LogP contribution in [0.5, 0.6) is 11.5 Å². The van der Waals surface area contributed by atoms with Gasteiger partial charge in [-0.1, -0.05) is 0 Å². The Hall–Kier alpha value is -3.81. The molecule has 0 saturated heterocycles. The number of fused-ring (bicyclic) bond motifs is 4. The van der Waals surface area contributed by atoms with Gasteiger partial charge in [-0.15, -0.1) is 0 Å². The van der Waals surface area contributed by atoms with Gasteiger partial charge in [0.2, 0.25) is 0 Å². The maximum absolute atomic E-state index is 5.77. The molecule has 0 unspecified atom stereocenters. The number of anilines is 2. The highest BCUT2D eigenvalue weighted by Crippen LogP contribution is 2.37. The molecule has 5 aromatic rings. The molecule has 3 aromatic heterocycles. The first-order valence-corrected chi connectivity index (χ1v) is 9.53.